The number of fused-ring (bicyclic) bond motifs is 1. The molecule has 150 valence electrons. The number of aromatic nitrogens is 3. The maximum Gasteiger partial charge on any atom is 0.126 e. The van der Waals surface area contributed by atoms with Crippen molar-refractivity contribution in [3.05, 3.63) is 82.3 Å². The zero-order valence-electron chi connectivity index (χ0n) is 16.0. The third-order valence-corrected chi connectivity index (χ3v) is 5.27. The van der Waals surface area contributed by atoms with Crippen LogP contribution in [0.5, 0.6) is 0 Å². The number of nitrogens with two attached hydrogens (primary N) is 1. The number of hydrogen-bond donors (Lipinski definition) is 1. The van der Waals surface area contributed by atoms with Crippen LogP contribution >= 0.6 is 11.6 Å². The van der Waals surface area contributed by atoms with Crippen LogP contribution < -0.4 is 5.73 Å². The Hall–Kier alpha value is -3.27. The van der Waals surface area contributed by atoms with Gasteiger partial charge in [0.2, 0.25) is 0 Å². The van der Waals surface area contributed by atoms with Crippen molar-refractivity contribution in [1.82, 2.24) is 14.8 Å². The van der Waals surface area contributed by atoms with Gasteiger partial charge in [-0.2, -0.15) is 5.10 Å². The summed E-state index contributed by atoms with van der Waals surface area (Å²) in [6.45, 7) is 0. The van der Waals surface area contributed by atoms with Crippen LogP contribution in [0, 0.1) is 24.0 Å². The van der Waals surface area contributed by atoms with Gasteiger partial charge in [-0.05, 0) is 42.3 Å². The summed E-state index contributed by atoms with van der Waals surface area (Å²) in [4.78, 5) is 4.54. The molecule has 1 atom stereocenters. The minimum absolute atomic E-state index is 0.185. The van der Waals surface area contributed by atoms with Gasteiger partial charge in [-0.15, -0.1) is 6.42 Å². The number of pyridine rings is 1. The first kappa shape index (κ1) is 20.0. The van der Waals surface area contributed by atoms with Gasteiger partial charge in [-0.25, -0.2) is 13.8 Å². The average molecular weight is 423 g/mol. The van der Waals surface area contributed by atoms with Crippen molar-refractivity contribution in [2.75, 3.05) is 0 Å². The van der Waals surface area contributed by atoms with Gasteiger partial charge in [0, 0.05) is 29.6 Å². The van der Waals surface area contributed by atoms with Gasteiger partial charge in [0.25, 0.3) is 0 Å². The zero-order valence-corrected chi connectivity index (χ0v) is 16.8. The summed E-state index contributed by atoms with van der Waals surface area (Å²) >= 11 is 6.33. The third-order valence-electron chi connectivity index (χ3n) is 4.94. The van der Waals surface area contributed by atoms with Crippen molar-refractivity contribution in [2.24, 2.45) is 12.8 Å². The van der Waals surface area contributed by atoms with Gasteiger partial charge in [-0.1, -0.05) is 23.6 Å². The maximum absolute atomic E-state index is 13.6. The average Bonchev–Trinajstić information content (AvgIpc) is 3.10. The van der Waals surface area contributed by atoms with E-state index in [0.29, 0.717) is 22.0 Å². The molecule has 0 fully saturated rings. The number of aryl methyl sites for hydroxylation is 1. The molecule has 0 radical (unpaired) electrons. The molecule has 0 aliphatic carbocycles. The molecule has 2 aromatic carbocycles. The lowest BCUT2D eigenvalue weighted by Gasteiger charge is -2.18. The van der Waals surface area contributed by atoms with Gasteiger partial charge in [-0.3, -0.25) is 4.68 Å². The first-order valence-corrected chi connectivity index (χ1v) is 9.54. The monoisotopic (exact) mass is 422 g/mol. The molecule has 30 heavy (non-hydrogen) atoms. The van der Waals surface area contributed by atoms with Crippen molar-refractivity contribution in [3.8, 4) is 23.5 Å². The third kappa shape index (κ3) is 3.65. The first-order valence-electron chi connectivity index (χ1n) is 9.16. The summed E-state index contributed by atoms with van der Waals surface area (Å²) in [5.74, 6) is 1.20. The molecule has 0 spiro atoms. The highest BCUT2D eigenvalue weighted by Gasteiger charge is 2.20. The number of terminal acetylenes is 1. The second-order valence-corrected chi connectivity index (χ2v) is 7.39. The Balaban J connectivity index is 1.86. The van der Waals surface area contributed by atoms with E-state index < -0.39 is 17.7 Å². The molecule has 4 rings (SSSR count). The van der Waals surface area contributed by atoms with Crippen LogP contribution in [0.15, 0.2) is 48.7 Å². The molecule has 0 saturated carbocycles. The minimum atomic E-state index is -0.656. The predicted molar refractivity (Wildman–Crippen MR) is 114 cm³/mol. The molecule has 7 heteroatoms. The van der Waals surface area contributed by atoms with Crippen LogP contribution in [0.4, 0.5) is 8.78 Å². The van der Waals surface area contributed by atoms with Crippen LogP contribution in [0.3, 0.4) is 0 Å². The Kier molecular flexibility index (Phi) is 5.25. The Morgan fingerprint density at radius 2 is 1.83 bits per heavy atom. The molecule has 0 aliphatic rings. The van der Waals surface area contributed by atoms with E-state index in [2.05, 4.69) is 16.0 Å². The number of rotatable bonds is 4. The van der Waals surface area contributed by atoms with E-state index in [-0.39, 0.29) is 6.42 Å². The van der Waals surface area contributed by atoms with E-state index in [1.54, 1.807) is 23.0 Å². The Labute approximate surface area is 177 Å². The van der Waals surface area contributed by atoms with E-state index in [4.69, 9.17) is 23.8 Å². The molecule has 2 N–H and O–H groups in total. The van der Waals surface area contributed by atoms with Crippen LogP contribution in [0.2, 0.25) is 5.02 Å². The lowest BCUT2D eigenvalue weighted by Crippen LogP contribution is -2.17. The molecule has 0 amide bonds. The second-order valence-electron chi connectivity index (χ2n) is 6.99. The van der Waals surface area contributed by atoms with E-state index in [1.807, 2.05) is 19.2 Å². The standard InChI is InChI=1S/C23H17ClF2N4/c1-3-16-4-5-17(18-6-7-20(24)19-12-28-30(2)23(18)19)22(29-16)21(27)10-13-8-14(25)11-15(26)9-13/h1,4-9,11-12,21H,10,27H2,2H3/t21-/m0/s1. The number of nitrogens with zero attached hydrogens (tertiary/aromatic N) is 3. The summed E-state index contributed by atoms with van der Waals surface area (Å²) in [6, 6.07) is 9.93. The fraction of sp³-hybridized carbons (Fsp3) is 0.130. The predicted octanol–water partition coefficient (Wildman–Crippen LogP) is 4.79. The van der Waals surface area contributed by atoms with E-state index in [1.165, 1.54) is 12.1 Å². The molecule has 4 nitrogen and oxygen atoms in total. The van der Waals surface area contributed by atoms with Gasteiger partial charge in [0.05, 0.1) is 28.5 Å². The van der Waals surface area contributed by atoms with Gasteiger partial charge < -0.3 is 5.73 Å². The Bertz CT molecular complexity index is 1290. The van der Waals surface area contributed by atoms with Crippen LogP contribution in [0.25, 0.3) is 22.0 Å². The Morgan fingerprint density at radius 3 is 2.53 bits per heavy atom. The van der Waals surface area contributed by atoms with E-state index >= 15 is 0 Å². The summed E-state index contributed by atoms with van der Waals surface area (Å²) in [6.07, 6.45) is 7.41. The molecule has 2 heterocycles. The van der Waals surface area contributed by atoms with Crippen molar-refractivity contribution >= 4 is 22.5 Å². The molecule has 0 bridgehead atoms. The largest absolute Gasteiger partial charge is 0.322 e. The summed E-state index contributed by atoms with van der Waals surface area (Å²) in [5, 5.41) is 5.68. The molecule has 4 aromatic rings. The first-order chi connectivity index (χ1) is 14.4. The number of benzene rings is 2. The highest BCUT2D eigenvalue weighted by molar-refractivity contribution is 6.35. The second kappa shape index (κ2) is 7.86. The smallest absolute Gasteiger partial charge is 0.126 e. The van der Waals surface area contributed by atoms with Gasteiger partial charge in [0.15, 0.2) is 0 Å². The Morgan fingerprint density at radius 1 is 1.13 bits per heavy atom. The van der Waals surface area contributed by atoms with Gasteiger partial charge in [0.1, 0.15) is 17.3 Å². The summed E-state index contributed by atoms with van der Waals surface area (Å²) < 4.78 is 29.0. The fourth-order valence-electron chi connectivity index (χ4n) is 3.62. The van der Waals surface area contributed by atoms with E-state index in [0.717, 1.165) is 28.1 Å². The number of hydrogen-bond acceptors (Lipinski definition) is 3. The summed E-state index contributed by atoms with van der Waals surface area (Å²) in [5.41, 5.74) is 10.2. The molecule has 0 saturated heterocycles. The normalized spacial score (nSPS) is 12.1. The van der Waals surface area contributed by atoms with Gasteiger partial charge >= 0.3 is 0 Å². The molecule has 0 unspecified atom stereocenters. The maximum atomic E-state index is 13.6. The highest BCUT2D eigenvalue weighted by atomic mass is 35.5. The van der Waals surface area contributed by atoms with Crippen molar-refractivity contribution in [1.29, 1.82) is 0 Å². The fourth-order valence-corrected chi connectivity index (χ4v) is 3.82. The van der Waals surface area contributed by atoms with Crippen molar-refractivity contribution < 1.29 is 8.78 Å². The summed E-state index contributed by atoms with van der Waals surface area (Å²) in [7, 11) is 1.82. The van der Waals surface area contributed by atoms with Crippen LogP contribution in [-0.2, 0) is 13.5 Å². The highest BCUT2D eigenvalue weighted by Crippen LogP contribution is 2.36. The number of halogens is 3. The molecular weight excluding hydrogens is 406 g/mol. The molecule has 2 aromatic heterocycles. The molecule has 0 aliphatic heterocycles. The topological polar surface area (TPSA) is 56.7 Å². The zero-order chi connectivity index (χ0) is 21.4. The quantitative estimate of drug-likeness (QED) is 0.481. The minimum Gasteiger partial charge on any atom is -0.322 e. The van der Waals surface area contributed by atoms with Crippen LogP contribution in [-0.4, -0.2) is 14.8 Å². The van der Waals surface area contributed by atoms with Crippen molar-refractivity contribution in [3.63, 3.8) is 0 Å². The lowest BCUT2D eigenvalue weighted by atomic mass is 9.94. The van der Waals surface area contributed by atoms with E-state index in [9.17, 15) is 8.78 Å². The molecular formula is C23H17ClF2N4. The van der Waals surface area contributed by atoms with Crippen LogP contribution in [0.1, 0.15) is 23.0 Å². The van der Waals surface area contributed by atoms with Crippen molar-refractivity contribution in [2.45, 2.75) is 12.5 Å². The SMILES string of the molecule is C#Cc1ccc(-c2ccc(Cl)c3cnn(C)c23)c([C@@H](N)Cc2cc(F)cc(F)c2)n1. The lowest BCUT2D eigenvalue weighted by molar-refractivity contribution is 0.575.